The van der Waals surface area contributed by atoms with E-state index in [0.717, 1.165) is 16.8 Å². The van der Waals surface area contributed by atoms with Gasteiger partial charge in [-0.15, -0.1) is 0 Å². The first kappa shape index (κ1) is 21.2. The third kappa shape index (κ3) is 3.19. The van der Waals surface area contributed by atoms with Crippen LogP contribution in [0.1, 0.15) is 0 Å². The first-order valence-electron chi connectivity index (χ1n) is 9.50. The quantitative estimate of drug-likeness (QED) is 0.590. The van der Waals surface area contributed by atoms with Crippen molar-refractivity contribution in [1.29, 1.82) is 0 Å². The Morgan fingerprint density at radius 1 is 1.12 bits per heavy atom. The summed E-state index contributed by atoms with van der Waals surface area (Å²) in [6.07, 6.45) is 0.331. The van der Waals surface area contributed by atoms with Gasteiger partial charge in [0.05, 0.1) is 27.7 Å². The summed E-state index contributed by atoms with van der Waals surface area (Å²) in [5.41, 5.74) is 4.02. The Hall–Kier alpha value is -3.71. The molecule has 1 aromatic carbocycles. The molecule has 1 amide bonds. The van der Waals surface area contributed by atoms with E-state index in [4.69, 9.17) is 17.3 Å². The molecule has 14 heteroatoms. The number of nitrogens with two attached hydrogens (primary N) is 1. The number of nitrogens with zero attached hydrogens (tertiary/aromatic N) is 6. The van der Waals surface area contributed by atoms with Gasteiger partial charge >= 0.3 is 0 Å². The minimum absolute atomic E-state index is 0.0865. The molecule has 0 atom stereocenters. The zero-order valence-electron chi connectivity index (χ0n) is 16.5. The van der Waals surface area contributed by atoms with Crippen molar-refractivity contribution in [3.8, 4) is 5.82 Å². The van der Waals surface area contributed by atoms with Gasteiger partial charge in [-0.25, -0.2) is 18.2 Å². The number of β-amino-alcohol motifs (C(OH)–C–C–N with tert-alkyl or cyclic N) is 1. The second kappa shape index (κ2) is 7.42. The van der Waals surface area contributed by atoms with Gasteiger partial charge in [-0.2, -0.15) is 10.1 Å². The Morgan fingerprint density at radius 3 is 2.48 bits per heavy atom. The number of rotatable bonds is 3. The van der Waals surface area contributed by atoms with Crippen LogP contribution in [-0.2, 0) is 4.79 Å². The molecule has 1 saturated heterocycles. The van der Waals surface area contributed by atoms with Crippen molar-refractivity contribution in [3.05, 3.63) is 51.0 Å². The number of aromatic nitrogens is 2. The van der Waals surface area contributed by atoms with Crippen molar-refractivity contribution < 1.29 is 23.1 Å². The average Bonchev–Trinajstić information content (AvgIpc) is 3.16. The van der Waals surface area contributed by atoms with Crippen LogP contribution in [0.2, 0.25) is 5.02 Å². The molecule has 0 spiro atoms. The molecule has 170 valence electrons. The third-order valence-corrected chi connectivity index (χ3v) is 5.66. The number of hydrogen-bond donors (Lipinski definition) is 2. The van der Waals surface area contributed by atoms with Crippen molar-refractivity contribution in [2.24, 2.45) is 10.3 Å². The summed E-state index contributed by atoms with van der Waals surface area (Å²) in [5, 5.41) is 16.8. The van der Waals surface area contributed by atoms with E-state index in [9.17, 15) is 23.5 Å². The lowest BCUT2D eigenvalue weighted by Crippen LogP contribution is -2.51. The lowest BCUT2D eigenvalue weighted by Gasteiger charge is -2.38. The van der Waals surface area contributed by atoms with Gasteiger partial charge in [-0.1, -0.05) is 16.8 Å². The number of hydrogen-bond acceptors (Lipinski definition) is 8. The van der Waals surface area contributed by atoms with Crippen LogP contribution >= 0.6 is 11.6 Å². The number of aliphatic hydroxyl groups excluding tert-OH is 1. The fourth-order valence-electron chi connectivity index (χ4n) is 3.73. The maximum absolute atomic E-state index is 15.0. The summed E-state index contributed by atoms with van der Waals surface area (Å²) in [4.78, 5) is 30.5. The van der Waals surface area contributed by atoms with E-state index >= 15 is 4.39 Å². The molecule has 33 heavy (non-hydrogen) atoms. The van der Waals surface area contributed by atoms with Gasteiger partial charge in [0.2, 0.25) is 5.43 Å². The molecule has 1 fully saturated rings. The van der Waals surface area contributed by atoms with Gasteiger partial charge in [0.25, 0.3) is 5.91 Å². The predicted molar refractivity (Wildman–Crippen MR) is 112 cm³/mol. The summed E-state index contributed by atoms with van der Waals surface area (Å²) in [6, 6.07) is 1.37. The molecule has 0 bridgehead atoms. The second-order valence-corrected chi connectivity index (χ2v) is 7.82. The summed E-state index contributed by atoms with van der Waals surface area (Å²) in [7, 11) is 0. The van der Waals surface area contributed by atoms with Gasteiger partial charge < -0.3 is 15.7 Å². The Morgan fingerprint density at radius 2 is 1.85 bits per heavy atom. The monoisotopic (exact) mass is 479 g/mol. The molecule has 2 aliphatic heterocycles. The number of fused-ring (bicyclic) bond motifs is 1. The van der Waals surface area contributed by atoms with Crippen LogP contribution in [-0.4, -0.2) is 46.3 Å². The number of benzene rings is 1. The van der Waals surface area contributed by atoms with E-state index in [2.05, 4.69) is 15.3 Å². The van der Waals surface area contributed by atoms with Crippen LogP contribution in [0.25, 0.3) is 16.7 Å². The van der Waals surface area contributed by atoms with E-state index < -0.39 is 46.5 Å². The number of nitrogen functional groups attached to an aromatic ring is 1. The Labute approximate surface area is 187 Å². The van der Waals surface area contributed by atoms with Crippen LogP contribution < -0.4 is 21.1 Å². The summed E-state index contributed by atoms with van der Waals surface area (Å²) in [6.45, 7) is -0.147. The molecule has 2 aromatic heterocycles. The number of carbonyl (C=O) groups is 1. The Bertz CT molecular complexity index is 1440. The molecule has 3 N–H and O–H groups in total. The van der Waals surface area contributed by atoms with Gasteiger partial charge in [-0.05, 0) is 6.07 Å². The number of anilines is 3. The fraction of sp³-hybridized carbons (Fsp3) is 0.211. The lowest BCUT2D eigenvalue weighted by atomic mass is 10.1. The molecule has 0 aliphatic carbocycles. The normalized spacial score (nSPS) is 16.2. The number of pyridine rings is 2. The van der Waals surface area contributed by atoms with Crippen LogP contribution in [0.3, 0.4) is 0 Å². The number of carbonyl (C=O) groups excluding carboxylic acids is 1. The van der Waals surface area contributed by atoms with E-state index in [1.807, 2.05) is 0 Å². The smallest absolute Gasteiger partial charge is 0.272 e. The highest BCUT2D eigenvalue weighted by atomic mass is 35.5. The van der Waals surface area contributed by atoms with E-state index in [1.165, 1.54) is 4.90 Å². The third-order valence-electron chi connectivity index (χ3n) is 5.31. The molecular formula is C19H13ClF3N7O3. The highest BCUT2D eigenvalue weighted by Crippen LogP contribution is 2.39. The predicted octanol–water partition coefficient (Wildman–Crippen LogP) is 1.93. The maximum atomic E-state index is 15.0. The van der Waals surface area contributed by atoms with Gasteiger partial charge in [-0.3, -0.25) is 14.2 Å². The lowest BCUT2D eigenvalue weighted by molar-refractivity contribution is -0.116. The first-order valence-corrected chi connectivity index (χ1v) is 9.87. The van der Waals surface area contributed by atoms with E-state index in [1.54, 1.807) is 0 Å². The minimum Gasteiger partial charge on any atom is -0.389 e. The van der Waals surface area contributed by atoms with Gasteiger partial charge in [0.15, 0.2) is 23.3 Å². The van der Waals surface area contributed by atoms with Crippen LogP contribution in [0.5, 0.6) is 0 Å². The van der Waals surface area contributed by atoms with Crippen molar-refractivity contribution in [2.45, 2.75) is 6.10 Å². The number of halogens is 4. The van der Waals surface area contributed by atoms with Crippen molar-refractivity contribution >= 4 is 45.6 Å². The molecule has 3 aromatic rings. The SMILES string of the molecule is Nc1nc(-n2cc(N3N=NCC3=O)c(=O)c3cc(F)c(N4CC(O)C4)c(Cl)c32)c(F)cc1F. The van der Waals surface area contributed by atoms with Gasteiger partial charge in [0, 0.05) is 25.4 Å². The summed E-state index contributed by atoms with van der Waals surface area (Å²) in [5.74, 6) is -4.98. The standard InChI is InChI=1S/C19H13ClF3N7O3/c20-14-15-8(1-9(21)16(14)28-4-7(31)5-28)17(33)12(30-13(32)3-25-27-30)6-29(15)19-11(23)2-10(22)18(24)26-19/h1-2,6-7,31H,3-5H2,(H2,24,26). The maximum Gasteiger partial charge on any atom is 0.272 e. The van der Waals surface area contributed by atoms with Gasteiger partial charge in [0.1, 0.15) is 18.0 Å². The number of aliphatic hydroxyl groups is 1. The van der Waals surface area contributed by atoms with Crippen molar-refractivity contribution in [2.75, 3.05) is 35.3 Å². The molecule has 10 nitrogen and oxygen atoms in total. The highest BCUT2D eigenvalue weighted by molar-refractivity contribution is 6.38. The molecule has 0 saturated carbocycles. The minimum atomic E-state index is -1.16. The first-order chi connectivity index (χ1) is 15.7. The molecule has 0 radical (unpaired) electrons. The van der Waals surface area contributed by atoms with Crippen molar-refractivity contribution in [1.82, 2.24) is 9.55 Å². The highest BCUT2D eigenvalue weighted by Gasteiger charge is 2.32. The van der Waals surface area contributed by atoms with Crippen LogP contribution in [0.15, 0.2) is 33.5 Å². The second-order valence-electron chi connectivity index (χ2n) is 7.44. The molecule has 2 aliphatic rings. The average molecular weight is 480 g/mol. The molecule has 0 unspecified atom stereocenters. The Balaban J connectivity index is 1.88. The zero-order chi connectivity index (χ0) is 23.6. The molecular weight excluding hydrogens is 467 g/mol. The van der Waals surface area contributed by atoms with E-state index in [0.29, 0.717) is 11.1 Å². The van der Waals surface area contributed by atoms with Crippen LogP contribution in [0.4, 0.5) is 30.4 Å². The fourth-order valence-corrected chi connectivity index (χ4v) is 4.13. The largest absolute Gasteiger partial charge is 0.389 e. The Kier molecular flexibility index (Phi) is 4.76. The molecule has 5 rings (SSSR count). The van der Waals surface area contributed by atoms with Crippen LogP contribution in [0, 0.1) is 17.5 Å². The topological polar surface area (TPSA) is 129 Å². The zero-order valence-corrected chi connectivity index (χ0v) is 17.2. The number of amides is 1. The molecule has 4 heterocycles. The summed E-state index contributed by atoms with van der Waals surface area (Å²) >= 11 is 6.49. The van der Waals surface area contributed by atoms with E-state index in [-0.39, 0.29) is 46.9 Å². The van der Waals surface area contributed by atoms with Crippen molar-refractivity contribution in [3.63, 3.8) is 0 Å². The summed E-state index contributed by atoms with van der Waals surface area (Å²) < 4.78 is 44.5.